The molecule has 1 saturated heterocycles. The first kappa shape index (κ1) is 13.8. The fourth-order valence-corrected chi connectivity index (χ4v) is 1.91. The molecule has 0 bridgehead atoms. The van der Waals surface area contributed by atoms with Gasteiger partial charge in [-0.3, -0.25) is 14.9 Å². The van der Waals surface area contributed by atoms with Crippen LogP contribution in [0.5, 0.6) is 0 Å². The number of alkyl halides is 1. The van der Waals surface area contributed by atoms with Gasteiger partial charge in [-0.15, -0.1) is 11.6 Å². The molecule has 0 saturated carbocycles. The molecule has 4 amide bonds. The van der Waals surface area contributed by atoms with Crippen molar-refractivity contribution in [3.05, 3.63) is 0 Å². The van der Waals surface area contributed by atoms with Gasteiger partial charge in [0, 0.05) is 25.4 Å². The summed E-state index contributed by atoms with van der Waals surface area (Å²) in [6.45, 7) is 0.805. The van der Waals surface area contributed by atoms with Gasteiger partial charge in [0.2, 0.25) is 11.8 Å². The average molecular weight is 262 g/mol. The van der Waals surface area contributed by atoms with E-state index in [0.29, 0.717) is 19.4 Å². The van der Waals surface area contributed by atoms with Crippen molar-refractivity contribution in [1.82, 2.24) is 10.2 Å². The summed E-state index contributed by atoms with van der Waals surface area (Å²) in [5, 5.41) is 2.22. The molecule has 7 heteroatoms. The summed E-state index contributed by atoms with van der Waals surface area (Å²) in [6, 6.07) is -0.480. The maximum Gasteiger partial charge on any atom is 0.324 e. The number of amides is 4. The number of nitrogens with zero attached hydrogens (tertiary/aromatic N) is 1. The number of likely N-dealkylation sites (tertiary alicyclic amines) is 1. The van der Waals surface area contributed by atoms with Crippen molar-refractivity contribution in [1.29, 1.82) is 0 Å². The zero-order valence-electron chi connectivity index (χ0n) is 9.45. The van der Waals surface area contributed by atoms with E-state index in [0.717, 1.165) is 0 Å². The highest BCUT2D eigenvalue weighted by atomic mass is 35.5. The van der Waals surface area contributed by atoms with Crippen LogP contribution < -0.4 is 11.1 Å². The van der Waals surface area contributed by atoms with Gasteiger partial charge in [0.25, 0.3) is 0 Å². The highest BCUT2D eigenvalue weighted by molar-refractivity contribution is 6.19. The van der Waals surface area contributed by atoms with Crippen LogP contribution in [0.25, 0.3) is 0 Å². The lowest BCUT2D eigenvalue weighted by Crippen LogP contribution is -2.49. The zero-order chi connectivity index (χ0) is 12.8. The molecule has 1 unspecified atom stereocenters. The molecule has 1 fully saturated rings. The summed E-state index contributed by atoms with van der Waals surface area (Å²) >= 11 is 5.38. The van der Waals surface area contributed by atoms with Crippen LogP contribution in [0.2, 0.25) is 0 Å². The van der Waals surface area contributed by atoms with Crippen LogP contribution in [-0.2, 0) is 9.59 Å². The second-order valence-electron chi connectivity index (χ2n) is 3.98. The summed E-state index contributed by atoms with van der Waals surface area (Å²) in [4.78, 5) is 35.3. The Labute approximate surface area is 104 Å². The number of nitrogens with two attached hydrogens (primary N) is 1. The Morgan fingerprint density at radius 2 is 2.12 bits per heavy atom. The van der Waals surface area contributed by atoms with E-state index in [1.54, 1.807) is 0 Å². The molecule has 1 aliphatic heterocycles. The van der Waals surface area contributed by atoms with Gasteiger partial charge in [-0.2, -0.15) is 0 Å². The van der Waals surface area contributed by atoms with Crippen LogP contribution in [0.1, 0.15) is 19.3 Å². The lowest BCUT2D eigenvalue weighted by atomic mass is 9.98. The predicted octanol–water partition coefficient (Wildman–Crippen LogP) is 0.0488. The first-order chi connectivity index (χ1) is 8.04. The van der Waals surface area contributed by atoms with Gasteiger partial charge in [-0.1, -0.05) is 0 Å². The number of nitrogens with one attached hydrogen (secondary N) is 1. The highest BCUT2D eigenvalue weighted by Crippen LogP contribution is 2.15. The summed E-state index contributed by atoms with van der Waals surface area (Å²) in [6.07, 6.45) is 1.50. The van der Waals surface area contributed by atoms with E-state index in [4.69, 9.17) is 17.3 Å². The average Bonchev–Trinajstić information content (AvgIpc) is 2.29. The zero-order valence-corrected chi connectivity index (χ0v) is 10.2. The summed E-state index contributed by atoms with van der Waals surface area (Å²) < 4.78 is 0. The summed E-state index contributed by atoms with van der Waals surface area (Å²) in [5.74, 6) is -0.971. The van der Waals surface area contributed by atoms with Crippen molar-refractivity contribution >= 4 is 29.4 Å². The van der Waals surface area contributed by atoms with Crippen LogP contribution in [0.4, 0.5) is 4.79 Å². The normalized spacial score (nSPS) is 19.8. The second kappa shape index (κ2) is 6.44. The summed E-state index contributed by atoms with van der Waals surface area (Å²) in [7, 11) is 0. The van der Waals surface area contributed by atoms with Crippen LogP contribution in [0.3, 0.4) is 0 Å². The third-order valence-corrected chi connectivity index (χ3v) is 2.87. The molecule has 96 valence electrons. The smallest absolute Gasteiger partial charge is 0.324 e. The number of urea groups is 1. The van der Waals surface area contributed by atoms with Crippen molar-refractivity contribution in [3.8, 4) is 0 Å². The van der Waals surface area contributed by atoms with Gasteiger partial charge < -0.3 is 10.6 Å². The standard InChI is InChI=1S/C10H16ClN3O3/c11-4-3-8(15)13-10(17)14-5-1-2-7(6-14)9(12)16/h7H,1-6H2,(H2,12,16)(H,13,15,17). The number of primary amides is 1. The number of piperidine rings is 1. The van der Waals surface area contributed by atoms with E-state index in [1.165, 1.54) is 4.90 Å². The lowest BCUT2D eigenvalue weighted by molar-refractivity contribution is -0.123. The number of hydrogen-bond donors (Lipinski definition) is 2. The Morgan fingerprint density at radius 1 is 1.41 bits per heavy atom. The van der Waals surface area contributed by atoms with E-state index < -0.39 is 17.8 Å². The molecule has 0 aliphatic carbocycles. The monoisotopic (exact) mass is 261 g/mol. The molecule has 0 aromatic carbocycles. The Bertz CT molecular complexity index is 322. The number of halogens is 1. The maximum absolute atomic E-state index is 11.7. The Kier molecular flexibility index (Phi) is 5.21. The molecule has 1 atom stereocenters. The van der Waals surface area contributed by atoms with Gasteiger partial charge in [-0.05, 0) is 12.8 Å². The molecule has 0 radical (unpaired) electrons. The van der Waals surface area contributed by atoms with Gasteiger partial charge in [0.15, 0.2) is 0 Å². The van der Waals surface area contributed by atoms with Crippen molar-refractivity contribution in [2.75, 3.05) is 19.0 Å². The van der Waals surface area contributed by atoms with Crippen LogP contribution >= 0.6 is 11.6 Å². The van der Waals surface area contributed by atoms with Crippen molar-refractivity contribution in [2.45, 2.75) is 19.3 Å². The van der Waals surface area contributed by atoms with Crippen molar-refractivity contribution < 1.29 is 14.4 Å². The quantitative estimate of drug-likeness (QED) is 0.703. The number of imide groups is 1. The maximum atomic E-state index is 11.7. The molecular weight excluding hydrogens is 246 g/mol. The fraction of sp³-hybridized carbons (Fsp3) is 0.700. The molecule has 3 N–H and O–H groups in total. The molecule has 17 heavy (non-hydrogen) atoms. The Hall–Kier alpha value is -1.30. The topological polar surface area (TPSA) is 92.5 Å². The first-order valence-corrected chi connectivity index (χ1v) is 6.02. The Balaban J connectivity index is 2.46. The fourth-order valence-electron chi connectivity index (χ4n) is 1.74. The van der Waals surface area contributed by atoms with E-state index >= 15 is 0 Å². The number of hydrogen-bond acceptors (Lipinski definition) is 3. The first-order valence-electron chi connectivity index (χ1n) is 5.48. The molecule has 6 nitrogen and oxygen atoms in total. The molecular formula is C10H16ClN3O3. The summed E-state index contributed by atoms with van der Waals surface area (Å²) in [5.41, 5.74) is 5.20. The number of rotatable bonds is 3. The van der Waals surface area contributed by atoms with Crippen molar-refractivity contribution in [3.63, 3.8) is 0 Å². The van der Waals surface area contributed by atoms with E-state index in [-0.39, 0.29) is 24.8 Å². The second-order valence-corrected chi connectivity index (χ2v) is 4.36. The molecule has 0 spiro atoms. The molecule has 0 aromatic heterocycles. The third kappa shape index (κ3) is 4.22. The largest absolute Gasteiger partial charge is 0.369 e. The van der Waals surface area contributed by atoms with Gasteiger partial charge >= 0.3 is 6.03 Å². The number of carbonyl (C=O) groups excluding carboxylic acids is 3. The molecule has 1 rings (SSSR count). The molecule has 0 aromatic rings. The molecule has 1 heterocycles. The van der Waals surface area contributed by atoms with Gasteiger partial charge in [0.1, 0.15) is 0 Å². The minimum atomic E-state index is -0.480. The van der Waals surface area contributed by atoms with Crippen LogP contribution in [-0.4, -0.2) is 41.7 Å². The minimum absolute atomic E-state index is 0.0976. The number of carbonyl (C=O) groups is 3. The Morgan fingerprint density at radius 3 is 2.71 bits per heavy atom. The predicted molar refractivity (Wildman–Crippen MR) is 62.4 cm³/mol. The van der Waals surface area contributed by atoms with Crippen molar-refractivity contribution in [2.24, 2.45) is 11.7 Å². The van der Waals surface area contributed by atoms with E-state index in [2.05, 4.69) is 5.32 Å². The van der Waals surface area contributed by atoms with Crippen LogP contribution in [0.15, 0.2) is 0 Å². The van der Waals surface area contributed by atoms with Crippen LogP contribution in [0, 0.1) is 5.92 Å². The van der Waals surface area contributed by atoms with Gasteiger partial charge in [-0.25, -0.2) is 4.79 Å². The minimum Gasteiger partial charge on any atom is -0.369 e. The third-order valence-electron chi connectivity index (χ3n) is 2.68. The molecule has 1 aliphatic rings. The van der Waals surface area contributed by atoms with E-state index in [1.807, 2.05) is 0 Å². The van der Waals surface area contributed by atoms with Gasteiger partial charge in [0.05, 0.1) is 5.92 Å². The SMILES string of the molecule is NC(=O)C1CCCN(C(=O)NC(=O)CCCl)C1. The van der Waals surface area contributed by atoms with E-state index in [9.17, 15) is 14.4 Å². The highest BCUT2D eigenvalue weighted by Gasteiger charge is 2.27. The lowest BCUT2D eigenvalue weighted by Gasteiger charge is -2.30.